The molecule has 3 rings (SSSR count). The van der Waals surface area contributed by atoms with Crippen LogP contribution in [0.4, 0.5) is 13.2 Å². The van der Waals surface area contributed by atoms with Crippen molar-refractivity contribution in [2.75, 3.05) is 0 Å². The number of aromatic nitrogens is 2. The van der Waals surface area contributed by atoms with Crippen molar-refractivity contribution >= 4 is 28.5 Å². The summed E-state index contributed by atoms with van der Waals surface area (Å²) in [7, 11) is 0. The van der Waals surface area contributed by atoms with E-state index >= 15 is 0 Å². The zero-order valence-electron chi connectivity index (χ0n) is 13.0. The van der Waals surface area contributed by atoms with E-state index in [9.17, 15) is 18.0 Å². The van der Waals surface area contributed by atoms with Gasteiger partial charge < -0.3 is 0 Å². The molecule has 0 atom stereocenters. The standard InChI is InChI=1S/C18H12F3IN2O/c1-11(25)24-17(13-7-9-14(10-8-13)18(19,20)21)15(22)16(23-24)12-5-3-2-4-6-12/h2-10H,1H3. The number of alkyl halides is 3. The Balaban J connectivity index is 2.15. The molecule has 1 heterocycles. The quantitative estimate of drug-likeness (QED) is 0.478. The Kier molecular flexibility index (Phi) is 4.68. The molecule has 25 heavy (non-hydrogen) atoms. The van der Waals surface area contributed by atoms with Crippen LogP contribution >= 0.6 is 22.6 Å². The molecule has 3 nitrogen and oxygen atoms in total. The van der Waals surface area contributed by atoms with Crippen molar-refractivity contribution in [2.45, 2.75) is 13.1 Å². The Hall–Kier alpha value is -2.16. The maximum Gasteiger partial charge on any atom is 0.416 e. The monoisotopic (exact) mass is 456 g/mol. The van der Waals surface area contributed by atoms with Gasteiger partial charge in [-0.2, -0.15) is 23.0 Å². The summed E-state index contributed by atoms with van der Waals surface area (Å²) in [6, 6.07) is 14.0. The van der Waals surface area contributed by atoms with Gasteiger partial charge in [0.2, 0.25) is 5.91 Å². The van der Waals surface area contributed by atoms with E-state index in [4.69, 9.17) is 0 Å². The fourth-order valence-electron chi connectivity index (χ4n) is 2.47. The Morgan fingerprint density at radius 3 is 2.12 bits per heavy atom. The number of nitrogens with zero attached hydrogens (tertiary/aromatic N) is 2. The van der Waals surface area contributed by atoms with E-state index in [1.54, 1.807) is 0 Å². The van der Waals surface area contributed by atoms with Crippen LogP contribution in [0.5, 0.6) is 0 Å². The van der Waals surface area contributed by atoms with Crippen LogP contribution < -0.4 is 0 Å². The number of halogens is 4. The lowest BCUT2D eigenvalue weighted by Crippen LogP contribution is -2.10. The molecule has 3 aromatic rings. The predicted molar refractivity (Wildman–Crippen MR) is 97.1 cm³/mol. The average molecular weight is 456 g/mol. The van der Waals surface area contributed by atoms with Gasteiger partial charge in [-0.15, -0.1) is 0 Å². The first-order chi connectivity index (χ1) is 11.8. The van der Waals surface area contributed by atoms with Crippen molar-refractivity contribution in [1.29, 1.82) is 0 Å². The molecule has 0 saturated carbocycles. The highest BCUT2D eigenvalue weighted by molar-refractivity contribution is 14.1. The van der Waals surface area contributed by atoms with Crippen molar-refractivity contribution in [2.24, 2.45) is 0 Å². The third-order valence-electron chi connectivity index (χ3n) is 3.66. The van der Waals surface area contributed by atoms with Crippen molar-refractivity contribution in [3.05, 3.63) is 63.7 Å². The van der Waals surface area contributed by atoms with Crippen LogP contribution in [0.3, 0.4) is 0 Å². The molecule has 0 unspecified atom stereocenters. The molecule has 0 aliphatic rings. The van der Waals surface area contributed by atoms with Gasteiger partial charge in [0.25, 0.3) is 0 Å². The van der Waals surface area contributed by atoms with Gasteiger partial charge in [0.05, 0.1) is 14.8 Å². The maximum absolute atomic E-state index is 12.8. The zero-order valence-corrected chi connectivity index (χ0v) is 15.2. The molecule has 0 fully saturated rings. The van der Waals surface area contributed by atoms with Crippen LogP contribution in [0.15, 0.2) is 54.6 Å². The first-order valence-electron chi connectivity index (χ1n) is 7.31. The molecule has 0 amide bonds. The van der Waals surface area contributed by atoms with Gasteiger partial charge in [-0.05, 0) is 34.7 Å². The molecule has 2 aromatic carbocycles. The highest BCUT2D eigenvalue weighted by atomic mass is 127. The molecule has 0 aliphatic carbocycles. The summed E-state index contributed by atoms with van der Waals surface area (Å²) in [6.45, 7) is 1.37. The number of rotatable bonds is 2. The molecule has 0 bridgehead atoms. The van der Waals surface area contributed by atoms with E-state index in [1.165, 1.54) is 23.7 Å². The number of hydrogen-bond donors (Lipinski definition) is 0. The Bertz CT molecular complexity index is 916. The first kappa shape index (κ1) is 17.7. The molecule has 0 radical (unpaired) electrons. The summed E-state index contributed by atoms with van der Waals surface area (Å²) in [5.74, 6) is -0.310. The van der Waals surface area contributed by atoms with Gasteiger partial charge >= 0.3 is 6.18 Å². The number of benzene rings is 2. The van der Waals surface area contributed by atoms with Gasteiger partial charge in [-0.1, -0.05) is 42.5 Å². The SMILES string of the molecule is CC(=O)n1nc(-c2ccccc2)c(I)c1-c1ccc(C(F)(F)F)cc1. The number of hydrogen-bond acceptors (Lipinski definition) is 2. The maximum atomic E-state index is 12.8. The van der Waals surface area contributed by atoms with Crippen LogP contribution in [0.25, 0.3) is 22.5 Å². The minimum absolute atomic E-state index is 0.310. The van der Waals surface area contributed by atoms with Crippen molar-refractivity contribution < 1.29 is 18.0 Å². The van der Waals surface area contributed by atoms with Crippen molar-refractivity contribution in [1.82, 2.24) is 9.78 Å². The highest BCUT2D eigenvalue weighted by Gasteiger charge is 2.30. The minimum atomic E-state index is -4.40. The predicted octanol–water partition coefficient (Wildman–Crippen LogP) is 5.50. The molecular weight excluding hydrogens is 444 g/mol. The van der Waals surface area contributed by atoms with Gasteiger partial charge in [0.1, 0.15) is 5.69 Å². The second kappa shape index (κ2) is 6.62. The fourth-order valence-corrected chi connectivity index (χ4v) is 3.43. The van der Waals surface area contributed by atoms with E-state index in [2.05, 4.69) is 27.7 Å². The summed E-state index contributed by atoms with van der Waals surface area (Å²) in [4.78, 5) is 12.0. The molecular formula is C18H12F3IN2O. The van der Waals surface area contributed by atoms with Crippen molar-refractivity contribution in [3.8, 4) is 22.5 Å². The number of carbonyl (C=O) groups is 1. The van der Waals surface area contributed by atoms with Crippen LogP contribution in [0.1, 0.15) is 17.3 Å². The van der Waals surface area contributed by atoms with Crippen LogP contribution in [-0.4, -0.2) is 15.7 Å². The zero-order chi connectivity index (χ0) is 18.2. The van der Waals surface area contributed by atoms with Gasteiger partial charge in [0.15, 0.2) is 0 Å². The van der Waals surface area contributed by atoms with E-state index in [0.717, 1.165) is 17.7 Å². The third kappa shape index (κ3) is 3.46. The van der Waals surface area contributed by atoms with Gasteiger partial charge in [0, 0.05) is 18.1 Å². The molecule has 128 valence electrons. The van der Waals surface area contributed by atoms with Crippen LogP contribution in [0, 0.1) is 3.57 Å². The van der Waals surface area contributed by atoms with E-state index in [1.807, 2.05) is 30.3 Å². The van der Waals surface area contributed by atoms with Crippen LogP contribution in [-0.2, 0) is 6.18 Å². The average Bonchev–Trinajstić information content (AvgIpc) is 2.92. The molecule has 0 saturated heterocycles. The van der Waals surface area contributed by atoms with E-state index in [-0.39, 0.29) is 5.91 Å². The first-order valence-corrected chi connectivity index (χ1v) is 8.39. The molecule has 0 spiro atoms. The lowest BCUT2D eigenvalue weighted by atomic mass is 10.1. The fraction of sp³-hybridized carbons (Fsp3) is 0.111. The topological polar surface area (TPSA) is 34.9 Å². The van der Waals surface area contributed by atoms with Crippen molar-refractivity contribution in [3.63, 3.8) is 0 Å². The number of carbonyl (C=O) groups excluding carboxylic acids is 1. The third-order valence-corrected chi connectivity index (χ3v) is 4.68. The highest BCUT2D eigenvalue weighted by Crippen LogP contribution is 2.35. The summed E-state index contributed by atoms with van der Waals surface area (Å²) in [6.07, 6.45) is -4.40. The Labute approximate surface area is 155 Å². The molecule has 0 aliphatic heterocycles. The smallest absolute Gasteiger partial charge is 0.273 e. The summed E-state index contributed by atoms with van der Waals surface area (Å²) < 4.78 is 40.2. The Morgan fingerprint density at radius 1 is 1.00 bits per heavy atom. The Morgan fingerprint density at radius 2 is 1.60 bits per heavy atom. The lowest BCUT2D eigenvalue weighted by molar-refractivity contribution is -0.137. The van der Waals surface area contributed by atoms with E-state index < -0.39 is 11.7 Å². The molecule has 1 aromatic heterocycles. The summed E-state index contributed by atoms with van der Waals surface area (Å²) in [5, 5.41) is 4.36. The normalized spacial score (nSPS) is 11.6. The largest absolute Gasteiger partial charge is 0.416 e. The van der Waals surface area contributed by atoms with Crippen LogP contribution in [0.2, 0.25) is 0 Å². The summed E-state index contributed by atoms with van der Waals surface area (Å²) >= 11 is 2.07. The van der Waals surface area contributed by atoms with Gasteiger partial charge in [-0.25, -0.2) is 0 Å². The minimum Gasteiger partial charge on any atom is -0.273 e. The summed E-state index contributed by atoms with van der Waals surface area (Å²) in [5.41, 5.74) is 1.71. The molecule has 7 heteroatoms. The second-order valence-electron chi connectivity index (χ2n) is 5.38. The van der Waals surface area contributed by atoms with E-state index in [0.29, 0.717) is 20.5 Å². The lowest BCUT2D eigenvalue weighted by Gasteiger charge is -2.08. The molecule has 0 N–H and O–H groups in total. The van der Waals surface area contributed by atoms with Gasteiger partial charge in [-0.3, -0.25) is 4.79 Å². The second-order valence-corrected chi connectivity index (χ2v) is 6.46.